The highest BCUT2D eigenvalue weighted by Crippen LogP contribution is 2.17. The molecule has 1 aromatic rings. The van der Waals surface area contributed by atoms with Gasteiger partial charge in [-0.15, -0.1) is 0 Å². The fourth-order valence-corrected chi connectivity index (χ4v) is 1.66. The first kappa shape index (κ1) is 8.87. The average Bonchev–Trinajstić information content (AvgIpc) is 2.89. The Bertz CT molecular complexity index is 333. The summed E-state index contributed by atoms with van der Waals surface area (Å²) in [4.78, 5) is 0.346. The molecule has 0 radical (unpaired) electrons. The van der Waals surface area contributed by atoms with Crippen molar-refractivity contribution in [3.63, 3.8) is 0 Å². The van der Waals surface area contributed by atoms with Gasteiger partial charge in [-0.2, -0.15) is 0 Å². The maximum absolute atomic E-state index is 10.6. The Morgan fingerprint density at radius 3 is 3.00 bits per heavy atom. The van der Waals surface area contributed by atoms with Gasteiger partial charge in [-0.1, -0.05) is 12.1 Å². The molecule has 0 saturated carbocycles. The van der Waals surface area contributed by atoms with E-state index < -0.39 is 11.1 Å². The third kappa shape index (κ3) is 2.37. The molecule has 1 aliphatic rings. The molecule has 0 amide bonds. The summed E-state index contributed by atoms with van der Waals surface area (Å²) in [7, 11) is 0. The summed E-state index contributed by atoms with van der Waals surface area (Å²) in [6, 6.07) is 6.94. The molecular weight excluding hydrogens is 188 g/mol. The minimum Gasteiger partial charge on any atom is -0.768 e. The van der Waals surface area contributed by atoms with Gasteiger partial charge in [-0.05, 0) is 28.8 Å². The van der Waals surface area contributed by atoms with Gasteiger partial charge in [0.05, 0.1) is 12.7 Å². The van der Waals surface area contributed by atoms with Gasteiger partial charge in [0.1, 0.15) is 0 Å². The van der Waals surface area contributed by atoms with Crippen molar-refractivity contribution in [2.75, 3.05) is 6.61 Å². The van der Waals surface area contributed by atoms with E-state index in [0.717, 1.165) is 18.6 Å². The van der Waals surface area contributed by atoms with E-state index >= 15 is 0 Å². The third-order valence-electron chi connectivity index (χ3n) is 1.96. The molecule has 0 N–H and O–H groups in total. The van der Waals surface area contributed by atoms with Gasteiger partial charge >= 0.3 is 0 Å². The van der Waals surface area contributed by atoms with Crippen molar-refractivity contribution in [1.82, 2.24) is 0 Å². The lowest BCUT2D eigenvalue weighted by molar-refractivity contribution is 0.407. The topological polar surface area (TPSA) is 52.7 Å². The van der Waals surface area contributed by atoms with E-state index in [1.54, 1.807) is 18.2 Å². The lowest BCUT2D eigenvalue weighted by Crippen LogP contribution is -1.95. The summed E-state index contributed by atoms with van der Waals surface area (Å²) in [6.07, 6.45) is 1.11. The number of ether oxygens (including phenoxy) is 1. The van der Waals surface area contributed by atoms with Crippen LogP contribution in [0.25, 0.3) is 0 Å². The van der Waals surface area contributed by atoms with Crippen LogP contribution in [0.5, 0.6) is 0 Å². The van der Waals surface area contributed by atoms with Crippen LogP contribution in [0.2, 0.25) is 0 Å². The van der Waals surface area contributed by atoms with Crippen LogP contribution in [-0.4, -0.2) is 21.5 Å². The zero-order valence-electron chi connectivity index (χ0n) is 6.93. The van der Waals surface area contributed by atoms with Gasteiger partial charge in [-0.25, -0.2) is 0 Å². The van der Waals surface area contributed by atoms with E-state index in [0.29, 0.717) is 11.0 Å². The summed E-state index contributed by atoms with van der Waals surface area (Å²) in [5, 5.41) is 0. The fourth-order valence-electron chi connectivity index (χ4n) is 1.22. The van der Waals surface area contributed by atoms with E-state index in [4.69, 9.17) is 4.74 Å². The van der Waals surface area contributed by atoms with E-state index in [1.165, 1.54) is 0 Å². The van der Waals surface area contributed by atoms with Crippen molar-refractivity contribution in [2.24, 2.45) is 0 Å². The number of epoxide rings is 1. The third-order valence-corrected chi connectivity index (χ3v) is 2.60. The standard InChI is InChI=1S/C9H10O3S/c10-13(11)9-3-1-2-7(5-9)4-8-6-12-8/h1-3,5,8H,4,6H2,(H,10,11)/p-1. The molecule has 1 heterocycles. The first-order valence-electron chi connectivity index (χ1n) is 4.05. The Balaban J connectivity index is 2.15. The SMILES string of the molecule is O=S([O-])c1cccc(CC2CO2)c1. The summed E-state index contributed by atoms with van der Waals surface area (Å²) >= 11 is -2.12. The average molecular weight is 197 g/mol. The van der Waals surface area contributed by atoms with E-state index in [1.807, 2.05) is 6.07 Å². The first-order chi connectivity index (χ1) is 6.25. The summed E-state index contributed by atoms with van der Waals surface area (Å²) in [5.74, 6) is 0. The smallest absolute Gasteiger partial charge is 0.0850 e. The second kappa shape index (κ2) is 3.57. The van der Waals surface area contributed by atoms with Crippen molar-refractivity contribution < 1.29 is 13.5 Å². The van der Waals surface area contributed by atoms with Crippen LogP contribution >= 0.6 is 0 Å². The molecule has 70 valence electrons. The lowest BCUT2D eigenvalue weighted by Gasteiger charge is -2.06. The predicted molar refractivity (Wildman–Crippen MR) is 47.1 cm³/mol. The van der Waals surface area contributed by atoms with Gasteiger partial charge in [0.15, 0.2) is 0 Å². The van der Waals surface area contributed by atoms with Crippen molar-refractivity contribution >= 4 is 11.1 Å². The molecule has 1 aliphatic heterocycles. The van der Waals surface area contributed by atoms with Crippen LogP contribution in [0, 0.1) is 0 Å². The first-order valence-corrected chi connectivity index (χ1v) is 5.13. The molecule has 0 spiro atoms. The van der Waals surface area contributed by atoms with Gasteiger partial charge in [0.2, 0.25) is 0 Å². The zero-order valence-corrected chi connectivity index (χ0v) is 7.75. The van der Waals surface area contributed by atoms with Crippen molar-refractivity contribution in [1.29, 1.82) is 0 Å². The number of hydrogen-bond donors (Lipinski definition) is 0. The summed E-state index contributed by atoms with van der Waals surface area (Å²) in [6.45, 7) is 0.796. The second-order valence-electron chi connectivity index (χ2n) is 3.04. The molecule has 4 heteroatoms. The van der Waals surface area contributed by atoms with Crippen LogP contribution in [-0.2, 0) is 22.2 Å². The highest BCUT2D eigenvalue weighted by Gasteiger charge is 2.22. The number of hydrogen-bond acceptors (Lipinski definition) is 3. The molecule has 2 atom stereocenters. The zero-order chi connectivity index (χ0) is 9.26. The molecule has 2 unspecified atom stereocenters. The molecule has 0 bridgehead atoms. The van der Waals surface area contributed by atoms with Crippen LogP contribution in [0.4, 0.5) is 0 Å². The van der Waals surface area contributed by atoms with Crippen molar-refractivity contribution in [2.45, 2.75) is 17.4 Å². The van der Waals surface area contributed by atoms with Gasteiger partial charge < -0.3 is 9.29 Å². The number of benzene rings is 1. The Morgan fingerprint density at radius 2 is 2.38 bits per heavy atom. The normalized spacial score (nSPS) is 22.7. The Hall–Kier alpha value is -0.710. The molecular formula is C9H9O3S-. The predicted octanol–water partition coefficient (Wildman–Crippen LogP) is 0.866. The Kier molecular flexibility index (Phi) is 2.44. The van der Waals surface area contributed by atoms with Crippen molar-refractivity contribution in [3.05, 3.63) is 29.8 Å². The van der Waals surface area contributed by atoms with Crippen LogP contribution in [0.15, 0.2) is 29.2 Å². The minimum absolute atomic E-state index is 0.301. The van der Waals surface area contributed by atoms with Gasteiger partial charge in [0, 0.05) is 11.3 Å². The molecule has 2 rings (SSSR count). The second-order valence-corrected chi connectivity index (χ2v) is 3.98. The minimum atomic E-state index is -2.12. The van der Waals surface area contributed by atoms with E-state index in [9.17, 15) is 8.76 Å². The van der Waals surface area contributed by atoms with Crippen molar-refractivity contribution in [3.8, 4) is 0 Å². The summed E-state index contributed by atoms with van der Waals surface area (Å²) < 4.78 is 26.3. The van der Waals surface area contributed by atoms with Gasteiger partial charge in [-0.3, -0.25) is 4.21 Å². The van der Waals surface area contributed by atoms with Crippen LogP contribution in [0.3, 0.4) is 0 Å². The Labute approximate surface area is 79.0 Å². The monoisotopic (exact) mass is 197 g/mol. The molecule has 3 nitrogen and oxygen atoms in total. The Morgan fingerprint density at radius 1 is 1.62 bits per heavy atom. The number of rotatable bonds is 3. The molecule has 0 aromatic heterocycles. The quantitative estimate of drug-likeness (QED) is 0.533. The molecule has 1 fully saturated rings. The van der Waals surface area contributed by atoms with E-state index in [2.05, 4.69) is 0 Å². The molecule has 1 aromatic carbocycles. The maximum Gasteiger partial charge on any atom is 0.0850 e. The van der Waals surface area contributed by atoms with Crippen LogP contribution < -0.4 is 0 Å². The lowest BCUT2D eigenvalue weighted by atomic mass is 10.1. The van der Waals surface area contributed by atoms with E-state index in [-0.39, 0.29) is 0 Å². The van der Waals surface area contributed by atoms with Crippen LogP contribution in [0.1, 0.15) is 5.56 Å². The fraction of sp³-hybridized carbons (Fsp3) is 0.333. The summed E-state index contributed by atoms with van der Waals surface area (Å²) in [5.41, 5.74) is 1.02. The highest BCUT2D eigenvalue weighted by atomic mass is 32.2. The maximum atomic E-state index is 10.6. The molecule has 0 aliphatic carbocycles. The highest BCUT2D eigenvalue weighted by molar-refractivity contribution is 7.79. The molecule has 13 heavy (non-hydrogen) atoms. The molecule has 1 saturated heterocycles. The largest absolute Gasteiger partial charge is 0.768 e. The van der Waals surface area contributed by atoms with Gasteiger partial charge in [0.25, 0.3) is 0 Å².